The number of ether oxygens (including phenoxy) is 2. The third-order valence-corrected chi connectivity index (χ3v) is 2.63. The lowest BCUT2D eigenvalue weighted by molar-refractivity contribution is 0.395. The van der Waals surface area contributed by atoms with E-state index in [0.29, 0.717) is 17.5 Å². The van der Waals surface area contributed by atoms with Gasteiger partial charge in [0.15, 0.2) is 0 Å². The van der Waals surface area contributed by atoms with Crippen LogP contribution >= 0.6 is 0 Å². The molecule has 0 unspecified atom stereocenters. The molecular formula is C14H21N3O2. The van der Waals surface area contributed by atoms with Crippen molar-refractivity contribution < 1.29 is 9.47 Å². The monoisotopic (exact) mass is 263 g/mol. The Balaban J connectivity index is 2.97. The first-order chi connectivity index (χ1) is 9.12. The molecule has 0 aliphatic carbocycles. The van der Waals surface area contributed by atoms with Gasteiger partial charge in [0.05, 0.1) is 14.2 Å². The molecule has 104 valence electrons. The number of rotatable bonds is 4. The third-order valence-electron chi connectivity index (χ3n) is 2.63. The summed E-state index contributed by atoms with van der Waals surface area (Å²) >= 11 is 0. The van der Waals surface area contributed by atoms with E-state index < -0.39 is 0 Å². The molecule has 1 aromatic carbocycles. The van der Waals surface area contributed by atoms with Gasteiger partial charge in [0.25, 0.3) is 0 Å². The molecule has 0 aliphatic heterocycles. The van der Waals surface area contributed by atoms with Crippen LogP contribution in [0.5, 0.6) is 11.5 Å². The topological polar surface area (TPSA) is 55.2 Å². The first-order valence-corrected chi connectivity index (χ1v) is 6.14. The Morgan fingerprint density at radius 2 is 1.74 bits per heavy atom. The second kappa shape index (κ2) is 7.41. The zero-order valence-corrected chi connectivity index (χ0v) is 12.2. The molecule has 1 N–H and O–H groups in total. The fourth-order valence-electron chi connectivity index (χ4n) is 1.40. The normalized spacial score (nSPS) is 12.3. The molecule has 0 aliphatic rings. The Bertz CT molecular complexity index is 459. The standard InChI is InChI=1S/C14H21N3O2/c1-6-10(2)16-14(15-3)17-11-7-12(18-4)9-13(8-11)19-5/h7-9H,6H2,1-5H3,(H,15,17)/b16-10-. The van der Waals surface area contributed by atoms with Gasteiger partial charge in [-0.1, -0.05) is 6.92 Å². The van der Waals surface area contributed by atoms with E-state index in [9.17, 15) is 0 Å². The van der Waals surface area contributed by atoms with E-state index in [1.165, 1.54) is 0 Å². The van der Waals surface area contributed by atoms with Crippen molar-refractivity contribution in [3.8, 4) is 11.5 Å². The lowest BCUT2D eigenvalue weighted by Gasteiger charge is -2.10. The van der Waals surface area contributed by atoms with Crippen LogP contribution in [0.25, 0.3) is 0 Å². The van der Waals surface area contributed by atoms with E-state index in [-0.39, 0.29) is 0 Å². The van der Waals surface area contributed by atoms with Gasteiger partial charge in [-0.15, -0.1) is 0 Å². The molecule has 0 aromatic heterocycles. The summed E-state index contributed by atoms with van der Waals surface area (Å²) in [7, 11) is 4.94. The van der Waals surface area contributed by atoms with Crippen LogP contribution in [0, 0.1) is 0 Å². The van der Waals surface area contributed by atoms with Gasteiger partial charge in [-0.25, -0.2) is 4.99 Å². The third kappa shape index (κ3) is 4.62. The zero-order valence-electron chi connectivity index (χ0n) is 12.2. The van der Waals surface area contributed by atoms with E-state index >= 15 is 0 Å². The summed E-state index contributed by atoms with van der Waals surface area (Å²) in [5.74, 6) is 2.00. The number of nitrogens with one attached hydrogen (secondary N) is 1. The van der Waals surface area contributed by atoms with Gasteiger partial charge >= 0.3 is 0 Å². The maximum Gasteiger partial charge on any atom is 0.222 e. The van der Waals surface area contributed by atoms with Crippen molar-refractivity contribution in [1.29, 1.82) is 0 Å². The molecule has 0 bridgehead atoms. The smallest absolute Gasteiger partial charge is 0.222 e. The first-order valence-electron chi connectivity index (χ1n) is 6.14. The molecule has 0 fully saturated rings. The number of methoxy groups -OCH3 is 2. The molecule has 0 spiro atoms. The largest absolute Gasteiger partial charge is 0.497 e. The molecular weight excluding hydrogens is 242 g/mol. The lowest BCUT2D eigenvalue weighted by atomic mass is 10.3. The van der Waals surface area contributed by atoms with Crippen LogP contribution in [0.2, 0.25) is 0 Å². The average Bonchev–Trinajstić information content (AvgIpc) is 2.45. The van der Waals surface area contributed by atoms with Crippen LogP contribution in [-0.2, 0) is 0 Å². The zero-order chi connectivity index (χ0) is 14.3. The molecule has 5 nitrogen and oxygen atoms in total. The highest BCUT2D eigenvalue weighted by Crippen LogP contribution is 2.25. The minimum absolute atomic E-state index is 0.564. The van der Waals surface area contributed by atoms with Gasteiger partial charge in [-0.3, -0.25) is 4.99 Å². The highest BCUT2D eigenvalue weighted by molar-refractivity contribution is 6.02. The molecule has 0 saturated heterocycles. The number of hydrogen-bond donors (Lipinski definition) is 1. The van der Waals surface area contributed by atoms with E-state index in [4.69, 9.17) is 9.47 Å². The number of aliphatic imine (C=N–C) groups is 2. The van der Waals surface area contributed by atoms with Crippen molar-refractivity contribution in [2.24, 2.45) is 9.98 Å². The predicted octanol–water partition coefficient (Wildman–Crippen LogP) is 2.97. The van der Waals surface area contributed by atoms with Crippen molar-refractivity contribution in [2.45, 2.75) is 20.3 Å². The van der Waals surface area contributed by atoms with Crippen molar-refractivity contribution in [3.63, 3.8) is 0 Å². The highest BCUT2D eigenvalue weighted by Gasteiger charge is 2.04. The number of benzene rings is 1. The quantitative estimate of drug-likeness (QED) is 0.671. The molecule has 0 heterocycles. The fourth-order valence-corrected chi connectivity index (χ4v) is 1.40. The van der Waals surface area contributed by atoms with Crippen LogP contribution in [0.1, 0.15) is 20.3 Å². The maximum absolute atomic E-state index is 5.22. The number of anilines is 1. The summed E-state index contributed by atoms with van der Waals surface area (Å²) in [6, 6.07) is 5.55. The molecule has 5 heteroatoms. The average molecular weight is 263 g/mol. The Labute approximate surface area is 114 Å². The fraction of sp³-hybridized carbons (Fsp3) is 0.429. The van der Waals surface area contributed by atoms with Crippen molar-refractivity contribution in [3.05, 3.63) is 18.2 Å². The number of guanidine groups is 1. The molecule has 0 amide bonds. The maximum atomic E-state index is 5.22. The Kier molecular flexibility index (Phi) is 5.85. The number of nitrogens with zero attached hydrogens (tertiary/aromatic N) is 2. The summed E-state index contributed by atoms with van der Waals surface area (Å²) in [6.07, 6.45) is 0.891. The second-order valence-corrected chi connectivity index (χ2v) is 3.97. The van der Waals surface area contributed by atoms with Gasteiger partial charge < -0.3 is 14.8 Å². The van der Waals surface area contributed by atoms with Crippen molar-refractivity contribution in [1.82, 2.24) is 0 Å². The number of hydrogen-bond acceptors (Lipinski definition) is 3. The first kappa shape index (κ1) is 15.0. The van der Waals surface area contributed by atoms with Crippen LogP contribution in [0.15, 0.2) is 28.2 Å². The summed E-state index contributed by atoms with van der Waals surface area (Å²) in [5.41, 5.74) is 1.84. The van der Waals surface area contributed by atoms with E-state index in [2.05, 4.69) is 22.2 Å². The van der Waals surface area contributed by atoms with Gasteiger partial charge in [-0.2, -0.15) is 0 Å². The van der Waals surface area contributed by atoms with Gasteiger partial charge in [0, 0.05) is 36.6 Å². The van der Waals surface area contributed by atoms with Crippen molar-refractivity contribution in [2.75, 3.05) is 26.6 Å². The minimum Gasteiger partial charge on any atom is -0.497 e. The van der Waals surface area contributed by atoms with Crippen LogP contribution in [0.4, 0.5) is 5.69 Å². The Morgan fingerprint density at radius 3 is 2.16 bits per heavy atom. The van der Waals surface area contributed by atoms with E-state index in [0.717, 1.165) is 17.8 Å². The molecule has 1 aromatic rings. The van der Waals surface area contributed by atoms with E-state index in [1.54, 1.807) is 21.3 Å². The Morgan fingerprint density at radius 1 is 1.16 bits per heavy atom. The minimum atomic E-state index is 0.564. The molecule has 0 saturated carbocycles. The summed E-state index contributed by atoms with van der Waals surface area (Å²) in [6.45, 7) is 4.03. The molecule has 0 atom stereocenters. The van der Waals surface area contributed by atoms with Gasteiger partial charge in [0.2, 0.25) is 5.96 Å². The summed E-state index contributed by atoms with van der Waals surface area (Å²) < 4.78 is 10.4. The molecule has 0 radical (unpaired) electrons. The predicted molar refractivity (Wildman–Crippen MR) is 79.9 cm³/mol. The van der Waals surface area contributed by atoms with Crippen LogP contribution in [0.3, 0.4) is 0 Å². The van der Waals surface area contributed by atoms with Crippen LogP contribution < -0.4 is 14.8 Å². The van der Waals surface area contributed by atoms with E-state index in [1.807, 2.05) is 25.1 Å². The SMILES string of the molecule is CC/C(C)=N\C(=NC)Nc1cc(OC)cc(OC)c1. The van der Waals surface area contributed by atoms with Gasteiger partial charge in [-0.05, 0) is 13.3 Å². The summed E-state index contributed by atoms with van der Waals surface area (Å²) in [4.78, 5) is 8.51. The second-order valence-electron chi connectivity index (χ2n) is 3.97. The summed E-state index contributed by atoms with van der Waals surface area (Å²) in [5, 5.41) is 3.15. The lowest BCUT2D eigenvalue weighted by Crippen LogP contribution is -2.11. The molecule has 19 heavy (non-hydrogen) atoms. The highest BCUT2D eigenvalue weighted by atomic mass is 16.5. The van der Waals surface area contributed by atoms with Crippen LogP contribution in [-0.4, -0.2) is 32.9 Å². The molecule has 1 rings (SSSR count). The Hall–Kier alpha value is -2.04. The van der Waals surface area contributed by atoms with Crippen molar-refractivity contribution >= 4 is 17.4 Å². The van der Waals surface area contributed by atoms with Gasteiger partial charge in [0.1, 0.15) is 11.5 Å².